The Bertz CT molecular complexity index is 517. The second-order valence-electron chi connectivity index (χ2n) is 3.71. The van der Waals surface area contributed by atoms with E-state index in [0.717, 1.165) is 0 Å². The SMILES string of the molecule is Nc1cccc(OCC(=O)NCC(F)(F)F)c1C(=O)O. The molecule has 0 atom stereocenters. The first-order valence-electron chi connectivity index (χ1n) is 5.28. The highest BCUT2D eigenvalue weighted by Gasteiger charge is 2.27. The van der Waals surface area contributed by atoms with E-state index in [1.165, 1.54) is 18.2 Å². The molecule has 1 amide bonds. The van der Waals surface area contributed by atoms with Crippen molar-refractivity contribution in [3.05, 3.63) is 23.8 Å². The summed E-state index contributed by atoms with van der Waals surface area (Å²) in [6.45, 7) is -2.24. The number of carbonyl (C=O) groups excluding carboxylic acids is 1. The smallest absolute Gasteiger partial charge is 0.405 e. The maximum atomic E-state index is 11.9. The second-order valence-corrected chi connectivity index (χ2v) is 3.71. The first kappa shape index (κ1) is 15.6. The molecule has 6 nitrogen and oxygen atoms in total. The molecule has 0 saturated carbocycles. The standard InChI is InChI=1S/C11H11F3N2O4/c12-11(13,14)5-16-8(17)4-20-7-3-1-2-6(15)9(7)10(18)19/h1-3H,4-5,15H2,(H,16,17)(H,18,19). The molecule has 0 aliphatic rings. The minimum absolute atomic E-state index is 0.0781. The number of nitrogens with one attached hydrogen (secondary N) is 1. The number of alkyl halides is 3. The molecule has 1 aromatic carbocycles. The number of amides is 1. The third kappa shape index (κ3) is 4.67. The number of benzene rings is 1. The van der Waals surface area contributed by atoms with E-state index in [0.29, 0.717) is 0 Å². The maximum Gasteiger partial charge on any atom is 0.405 e. The van der Waals surface area contributed by atoms with Gasteiger partial charge in [-0.05, 0) is 12.1 Å². The molecule has 110 valence electrons. The second kappa shape index (κ2) is 6.13. The molecule has 0 bridgehead atoms. The molecule has 0 aromatic heterocycles. The fourth-order valence-corrected chi connectivity index (χ4v) is 1.29. The molecule has 0 fully saturated rings. The van der Waals surface area contributed by atoms with Gasteiger partial charge in [0, 0.05) is 5.69 Å². The van der Waals surface area contributed by atoms with E-state index >= 15 is 0 Å². The summed E-state index contributed by atoms with van der Waals surface area (Å²) in [6.07, 6.45) is -4.53. The number of carbonyl (C=O) groups is 2. The van der Waals surface area contributed by atoms with Gasteiger partial charge in [0.1, 0.15) is 17.9 Å². The van der Waals surface area contributed by atoms with Crippen LogP contribution >= 0.6 is 0 Å². The quantitative estimate of drug-likeness (QED) is 0.703. The molecule has 0 spiro atoms. The summed E-state index contributed by atoms with van der Waals surface area (Å²) in [4.78, 5) is 22.0. The number of carboxylic acid groups (broad SMARTS) is 1. The molecule has 0 heterocycles. The van der Waals surface area contributed by atoms with Crippen LogP contribution in [0.2, 0.25) is 0 Å². The first-order valence-corrected chi connectivity index (χ1v) is 5.28. The fraction of sp³-hybridized carbons (Fsp3) is 0.273. The van der Waals surface area contributed by atoms with Gasteiger partial charge in [-0.25, -0.2) is 4.79 Å². The number of rotatable bonds is 5. The van der Waals surface area contributed by atoms with Crippen LogP contribution in [0.25, 0.3) is 0 Å². The molecular formula is C11H11F3N2O4. The topological polar surface area (TPSA) is 102 Å². The van der Waals surface area contributed by atoms with Gasteiger partial charge in [0.05, 0.1) is 0 Å². The van der Waals surface area contributed by atoms with Crippen molar-refractivity contribution in [1.82, 2.24) is 5.32 Å². The van der Waals surface area contributed by atoms with Crippen molar-refractivity contribution < 1.29 is 32.6 Å². The number of halogens is 3. The summed E-state index contributed by atoms with van der Waals surface area (Å²) in [5.74, 6) is -2.59. The average Bonchev–Trinajstić information content (AvgIpc) is 2.32. The molecule has 9 heteroatoms. The molecular weight excluding hydrogens is 281 g/mol. The van der Waals surface area contributed by atoms with Gasteiger partial charge in [-0.3, -0.25) is 4.79 Å². The van der Waals surface area contributed by atoms with Gasteiger partial charge in [-0.1, -0.05) is 6.07 Å². The maximum absolute atomic E-state index is 11.9. The van der Waals surface area contributed by atoms with E-state index in [1.54, 1.807) is 5.32 Å². The third-order valence-electron chi connectivity index (χ3n) is 2.12. The largest absolute Gasteiger partial charge is 0.483 e. The monoisotopic (exact) mass is 292 g/mol. The molecule has 0 aliphatic carbocycles. The fourth-order valence-electron chi connectivity index (χ4n) is 1.29. The zero-order valence-electron chi connectivity index (χ0n) is 10.0. The van der Waals surface area contributed by atoms with Gasteiger partial charge in [0.15, 0.2) is 6.61 Å². The Kier molecular flexibility index (Phi) is 4.78. The summed E-state index contributed by atoms with van der Waals surface area (Å²) in [7, 11) is 0. The van der Waals surface area contributed by atoms with Crippen molar-refractivity contribution in [2.75, 3.05) is 18.9 Å². The highest BCUT2D eigenvalue weighted by molar-refractivity contribution is 5.96. The Hall–Kier alpha value is -2.45. The Labute approximate surface area is 111 Å². The lowest BCUT2D eigenvalue weighted by Crippen LogP contribution is -2.36. The zero-order valence-corrected chi connectivity index (χ0v) is 10.0. The van der Waals surface area contributed by atoms with Crippen LogP contribution in [-0.2, 0) is 4.79 Å². The van der Waals surface area contributed by atoms with Crippen molar-refractivity contribution in [3.63, 3.8) is 0 Å². The summed E-state index contributed by atoms with van der Waals surface area (Å²) < 4.78 is 40.4. The number of anilines is 1. The normalized spacial score (nSPS) is 10.9. The van der Waals surface area contributed by atoms with E-state index in [9.17, 15) is 22.8 Å². The van der Waals surface area contributed by atoms with E-state index in [2.05, 4.69) is 0 Å². The Balaban J connectivity index is 2.64. The Morgan fingerprint density at radius 3 is 2.55 bits per heavy atom. The molecule has 4 N–H and O–H groups in total. The minimum atomic E-state index is -4.53. The van der Waals surface area contributed by atoms with Crippen LogP contribution in [0.1, 0.15) is 10.4 Å². The minimum Gasteiger partial charge on any atom is -0.483 e. The lowest BCUT2D eigenvalue weighted by Gasteiger charge is -2.11. The van der Waals surface area contributed by atoms with Gasteiger partial charge in [0.2, 0.25) is 0 Å². The molecule has 0 aliphatic heterocycles. The predicted molar refractivity (Wildman–Crippen MR) is 62.4 cm³/mol. The van der Waals surface area contributed by atoms with Crippen molar-refractivity contribution in [1.29, 1.82) is 0 Å². The van der Waals surface area contributed by atoms with Gasteiger partial charge in [0.25, 0.3) is 5.91 Å². The van der Waals surface area contributed by atoms with Gasteiger partial charge >= 0.3 is 12.1 Å². The van der Waals surface area contributed by atoms with E-state index in [4.69, 9.17) is 15.6 Å². The van der Waals surface area contributed by atoms with Crippen LogP contribution < -0.4 is 15.8 Å². The van der Waals surface area contributed by atoms with Crippen LogP contribution in [0.3, 0.4) is 0 Å². The number of nitrogens with two attached hydrogens (primary N) is 1. The number of hydrogen-bond acceptors (Lipinski definition) is 4. The highest BCUT2D eigenvalue weighted by Crippen LogP contribution is 2.24. The van der Waals surface area contributed by atoms with Crippen LogP contribution in [0.15, 0.2) is 18.2 Å². The summed E-state index contributed by atoms with van der Waals surface area (Å²) in [6, 6.07) is 3.96. The van der Waals surface area contributed by atoms with Crippen molar-refractivity contribution in [2.45, 2.75) is 6.18 Å². The third-order valence-corrected chi connectivity index (χ3v) is 2.12. The number of carboxylic acids is 1. The number of nitrogen functional groups attached to an aromatic ring is 1. The van der Waals surface area contributed by atoms with Gasteiger partial charge in [-0.2, -0.15) is 13.2 Å². The Morgan fingerprint density at radius 2 is 2.00 bits per heavy atom. The highest BCUT2D eigenvalue weighted by atomic mass is 19.4. The molecule has 0 radical (unpaired) electrons. The molecule has 0 unspecified atom stereocenters. The van der Waals surface area contributed by atoms with E-state index < -0.39 is 31.2 Å². The summed E-state index contributed by atoms with van der Waals surface area (Å²) in [5, 5.41) is 10.5. The van der Waals surface area contributed by atoms with Crippen LogP contribution in [0.4, 0.5) is 18.9 Å². The van der Waals surface area contributed by atoms with Crippen molar-refractivity contribution >= 4 is 17.6 Å². The van der Waals surface area contributed by atoms with Crippen molar-refractivity contribution in [3.8, 4) is 5.75 Å². The molecule has 1 rings (SSSR count). The Morgan fingerprint density at radius 1 is 1.35 bits per heavy atom. The van der Waals surface area contributed by atoms with E-state index in [-0.39, 0.29) is 17.0 Å². The lowest BCUT2D eigenvalue weighted by molar-refractivity contribution is -0.139. The van der Waals surface area contributed by atoms with Gasteiger partial charge in [-0.15, -0.1) is 0 Å². The summed E-state index contributed by atoms with van der Waals surface area (Å²) in [5.41, 5.74) is 5.01. The predicted octanol–water partition coefficient (Wildman–Crippen LogP) is 1.02. The van der Waals surface area contributed by atoms with Crippen LogP contribution in [-0.4, -0.2) is 36.3 Å². The number of aromatic carboxylic acids is 1. The summed E-state index contributed by atoms with van der Waals surface area (Å²) >= 11 is 0. The first-order chi connectivity index (χ1) is 9.20. The van der Waals surface area contributed by atoms with Crippen LogP contribution in [0.5, 0.6) is 5.75 Å². The number of ether oxygens (including phenoxy) is 1. The molecule has 0 saturated heterocycles. The average molecular weight is 292 g/mol. The van der Waals surface area contributed by atoms with Gasteiger partial charge < -0.3 is 20.9 Å². The zero-order chi connectivity index (χ0) is 15.3. The lowest BCUT2D eigenvalue weighted by atomic mass is 10.1. The van der Waals surface area contributed by atoms with Crippen molar-refractivity contribution in [2.24, 2.45) is 0 Å². The number of hydrogen-bond donors (Lipinski definition) is 3. The molecule has 1 aromatic rings. The van der Waals surface area contributed by atoms with E-state index in [1.807, 2.05) is 0 Å². The van der Waals surface area contributed by atoms with Crippen LogP contribution in [0, 0.1) is 0 Å². The molecule has 20 heavy (non-hydrogen) atoms.